The summed E-state index contributed by atoms with van der Waals surface area (Å²) in [5.41, 5.74) is 5.21. The van der Waals surface area contributed by atoms with Gasteiger partial charge in [0.2, 0.25) is 5.91 Å². The van der Waals surface area contributed by atoms with Crippen LogP contribution in [0.25, 0.3) is 0 Å². The lowest BCUT2D eigenvalue weighted by Crippen LogP contribution is -2.50. The number of amides is 1. The lowest BCUT2D eigenvalue weighted by molar-refractivity contribution is -0.119. The molecule has 0 radical (unpaired) electrons. The smallest absolute Gasteiger partial charge is 0.248 e. The molecule has 0 aliphatic rings. The Bertz CT molecular complexity index is 429. The lowest BCUT2D eigenvalue weighted by atomic mass is 10.4. The first-order chi connectivity index (χ1) is 9.61. The minimum absolute atomic E-state index is 0.0793. The number of carbonyl (C=O) groups is 1. The van der Waals surface area contributed by atoms with Gasteiger partial charge >= 0.3 is 0 Å². The van der Waals surface area contributed by atoms with E-state index >= 15 is 0 Å². The molecule has 0 fully saturated rings. The van der Waals surface area contributed by atoms with E-state index in [1.54, 1.807) is 7.11 Å². The van der Waals surface area contributed by atoms with Crippen LogP contribution < -0.4 is 16.2 Å². The van der Waals surface area contributed by atoms with Gasteiger partial charge in [0.05, 0.1) is 12.4 Å². The van der Waals surface area contributed by atoms with E-state index in [1.807, 2.05) is 37.3 Å². The van der Waals surface area contributed by atoms with E-state index in [9.17, 15) is 4.79 Å². The average Bonchev–Trinajstić information content (AvgIpc) is 2.44. The molecule has 0 spiro atoms. The van der Waals surface area contributed by atoms with Gasteiger partial charge in [0.15, 0.2) is 5.11 Å². The molecule has 110 valence electrons. The van der Waals surface area contributed by atoms with E-state index in [1.165, 1.54) is 11.8 Å². The van der Waals surface area contributed by atoms with Crippen molar-refractivity contribution in [1.82, 2.24) is 16.2 Å². The Kier molecular flexibility index (Phi) is 8.01. The summed E-state index contributed by atoms with van der Waals surface area (Å²) in [6.45, 7) is 2.48. The number of hydrogen-bond acceptors (Lipinski definition) is 4. The molecule has 1 amide bonds. The van der Waals surface area contributed by atoms with Gasteiger partial charge in [0, 0.05) is 18.0 Å². The van der Waals surface area contributed by atoms with Crippen LogP contribution in [0.5, 0.6) is 0 Å². The van der Waals surface area contributed by atoms with Gasteiger partial charge in [-0.3, -0.25) is 15.6 Å². The highest BCUT2D eigenvalue weighted by atomic mass is 32.2. The molecule has 0 heterocycles. The minimum atomic E-state index is -0.137. The zero-order valence-corrected chi connectivity index (χ0v) is 13.1. The molecular formula is C13H19N3O2S2. The number of methoxy groups -OCH3 is 1. The summed E-state index contributed by atoms with van der Waals surface area (Å²) in [5, 5.41) is 3.35. The first kappa shape index (κ1) is 16.7. The Morgan fingerprint density at radius 1 is 1.35 bits per heavy atom. The number of benzene rings is 1. The quantitative estimate of drug-likeness (QED) is 0.418. The van der Waals surface area contributed by atoms with Crippen LogP contribution in [-0.4, -0.2) is 36.5 Å². The maximum Gasteiger partial charge on any atom is 0.248 e. The number of hydrazine groups is 1. The van der Waals surface area contributed by atoms with Crippen LogP contribution in [0.2, 0.25) is 0 Å². The van der Waals surface area contributed by atoms with Crippen molar-refractivity contribution in [2.45, 2.75) is 17.9 Å². The Morgan fingerprint density at radius 2 is 2.05 bits per heavy atom. The topological polar surface area (TPSA) is 62.4 Å². The van der Waals surface area contributed by atoms with Gasteiger partial charge in [-0.25, -0.2) is 0 Å². The zero-order chi connectivity index (χ0) is 14.8. The molecule has 1 aromatic carbocycles. The average molecular weight is 313 g/mol. The van der Waals surface area contributed by atoms with Gasteiger partial charge in [-0.05, 0) is 31.3 Å². The van der Waals surface area contributed by atoms with Crippen LogP contribution in [0.3, 0.4) is 0 Å². The second-order valence-electron chi connectivity index (χ2n) is 4.10. The van der Waals surface area contributed by atoms with Crippen molar-refractivity contribution in [1.29, 1.82) is 0 Å². The molecule has 3 N–H and O–H groups in total. The van der Waals surface area contributed by atoms with Gasteiger partial charge < -0.3 is 10.1 Å². The minimum Gasteiger partial charge on any atom is -0.383 e. The van der Waals surface area contributed by atoms with E-state index < -0.39 is 0 Å². The second kappa shape index (κ2) is 9.57. The van der Waals surface area contributed by atoms with E-state index in [0.717, 1.165) is 4.90 Å². The largest absolute Gasteiger partial charge is 0.383 e. The molecule has 0 saturated carbocycles. The Hall–Kier alpha value is -1.31. The van der Waals surface area contributed by atoms with Crippen molar-refractivity contribution in [3.8, 4) is 0 Å². The molecule has 0 saturated heterocycles. The van der Waals surface area contributed by atoms with Crippen molar-refractivity contribution < 1.29 is 9.53 Å². The molecule has 1 atom stereocenters. The van der Waals surface area contributed by atoms with Gasteiger partial charge in [-0.1, -0.05) is 18.2 Å². The van der Waals surface area contributed by atoms with Crippen LogP contribution in [-0.2, 0) is 9.53 Å². The molecule has 7 heteroatoms. The fraction of sp³-hybridized carbons (Fsp3) is 0.385. The van der Waals surface area contributed by atoms with Crippen LogP contribution in [0.1, 0.15) is 6.92 Å². The zero-order valence-electron chi connectivity index (χ0n) is 11.5. The van der Waals surface area contributed by atoms with E-state index in [-0.39, 0.29) is 11.9 Å². The fourth-order valence-electron chi connectivity index (χ4n) is 1.38. The highest BCUT2D eigenvalue weighted by Gasteiger charge is 2.05. The van der Waals surface area contributed by atoms with Crippen molar-refractivity contribution in [2.75, 3.05) is 19.5 Å². The lowest BCUT2D eigenvalue weighted by Gasteiger charge is -2.16. The van der Waals surface area contributed by atoms with Crippen molar-refractivity contribution in [3.05, 3.63) is 30.3 Å². The molecular weight excluding hydrogens is 294 g/mol. The highest BCUT2D eigenvalue weighted by Crippen LogP contribution is 2.15. The monoisotopic (exact) mass is 313 g/mol. The Balaban J connectivity index is 2.18. The third-order valence-electron chi connectivity index (χ3n) is 2.22. The summed E-state index contributed by atoms with van der Waals surface area (Å²) in [5.74, 6) is 0.190. The number of hydrogen-bond donors (Lipinski definition) is 3. The van der Waals surface area contributed by atoms with Gasteiger partial charge in [-0.2, -0.15) is 0 Å². The van der Waals surface area contributed by atoms with Crippen LogP contribution in [0.4, 0.5) is 0 Å². The van der Waals surface area contributed by atoms with Crippen LogP contribution in [0, 0.1) is 0 Å². The highest BCUT2D eigenvalue weighted by molar-refractivity contribution is 8.00. The third-order valence-corrected chi connectivity index (χ3v) is 3.45. The SMILES string of the molecule is COC[C@@H](C)NC(=S)NNC(=O)CSc1ccccc1. The van der Waals surface area contributed by atoms with Crippen LogP contribution in [0.15, 0.2) is 35.2 Å². The molecule has 0 aromatic heterocycles. The summed E-state index contributed by atoms with van der Waals surface area (Å²) in [6, 6.07) is 9.82. The number of carbonyl (C=O) groups excluding carboxylic acids is 1. The first-order valence-electron chi connectivity index (χ1n) is 6.14. The summed E-state index contributed by atoms with van der Waals surface area (Å²) in [6.07, 6.45) is 0. The van der Waals surface area contributed by atoms with E-state index in [0.29, 0.717) is 17.5 Å². The van der Waals surface area contributed by atoms with Gasteiger partial charge in [0.25, 0.3) is 0 Å². The molecule has 0 aliphatic carbocycles. The molecule has 0 bridgehead atoms. The summed E-state index contributed by atoms with van der Waals surface area (Å²) >= 11 is 6.51. The van der Waals surface area contributed by atoms with E-state index in [2.05, 4.69) is 16.2 Å². The molecule has 20 heavy (non-hydrogen) atoms. The second-order valence-corrected chi connectivity index (χ2v) is 5.56. The molecule has 0 aliphatic heterocycles. The van der Waals surface area contributed by atoms with Gasteiger partial charge in [-0.15, -0.1) is 11.8 Å². The Morgan fingerprint density at radius 3 is 2.70 bits per heavy atom. The summed E-state index contributed by atoms with van der Waals surface area (Å²) in [4.78, 5) is 12.7. The number of rotatable bonds is 6. The number of thiocarbonyl (C=S) groups is 1. The van der Waals surface area contributed by atoms with Crippen molar-refractivity contribution in [3.63, 3.8) is 0 Å². The van der Waals surface area contributed by atoms with Crippen molar-refractivity contribution >= 4 is 35.0 Å². The predicted molar refractivity (Wildman–Crippen MR) is 85.5 cm³/mol. The first-order valence-corrected chi connectivity index (χ1v) is 7.53. The molecule has 1 aromatic rings. The number of thioether (sulfide) groups is 1. The molecule has 0 unspecified atom stereocenters. The van der Waals surface area contributed by atoms with Crippen LogP contribution >= 0.6 is 24.0 Å². The maximum absolute atomic E-state index is 11.6. The summed E-state index contributed by atoms with van der Waals surface area (Å²) in [7, 11) is 1.62. The number of ether oxygens (including phenoxy) is 1. The van der Waals surface area contributed by atoms with Gasteiger partial charge in [0.1, 0.15) is 0 Å². The van der Waals surface area contributed by atoms with Crippen molar-refractivity contribution in [2.24, 2.45) is 0 Å². The maximum atomic E-state index is 11.6. The molecule has 5 nitrogen and oxygen atoms in total. The fourth-order valence-corrected chi connectivity index (χ4v) is 2.35. The normalized spacial score (nSPS) is 11.5. The number of nitrogens with one attached hydrogen (secondary N) is 3. The third kappa shape index (κ3) is 7.32. The molecule has 1 rings (SSSR count). The Labute approximate surface area is 128 Å². The predicted octanol–water partition coefficient (Wildman–Crippen LogP) is 1.31. The summed E-state index contributed by atoms with van der Waals surface area (Å²) < 4.78 is 4.98. The standard InChI is InChI=1S/C13H19N3O2S2/c1-10(8-18-2)14-13(19)16-15-12(17)9-20-11-6-4-3-5-7-11/h3-7,10H,8-9H2,1-2H3,(H,15,17)(H2,14,16,19)/t10-/m1/s1. The van der Waals surface area contributed by atoms with E-state index in [4.69, 9.17) is 17.0 Å².